The Morgan fingerprint density at radius 1 is 1.23 bits per heavy atom. The Bertz CT molecular complexity index is 788. The number of anilines is 1. The molecule has 1 aliphatic heterocycles. The minimum Gasteiger partial charge on any atom is -0.360 e. The summed E-state index contributed by atoms with van der Waals surface area (Å²) in [5.41, 5.74) is 1.52. The molecule has 0 bridgehead atoms. The van der Waals surface area contributed by atoms with Crippen LogP contribution in [0.4, 0.5) is 5.82 Å². The van der Waals surface area contributed by atoms with Crippen LogP contribution in [0.3, 0.4) is 0 Å². The summed E-state index contributed by atoms with van der Waals surface area (Å²) in [6, 6.07) is 3.52. The van der Waals surface area contributed by atoms with Crippen molar-refractivity contribution in [1.29, 1.82) is 0 Å². The summed E-state index contributed by atoms with van der Waals surface area (Å²) < 4.78 is 6.57. The van der Waals surface area contributed by atoms with Crippen molar-refractivity contribution in [2.24, 2.45) is 7.05 Å². The Morgan fingerprint density at radius 2 is 1.96 bits per heavy atom. The van der Waals surface area contributed by atoms with E-state index in [1.54, 1.807) is 24.7 Å². The van der Waals surface area contributed by atoms with Crippen LogP contribution in [0.25, 0.3) is 0 Å². The van der Waals surface area contributed by atoms with Gasteiger partial charge < -0.3 is 14.7 Å². The van der Waals surface area contributed by atoms with Crippen molar-refractivity contribution in [2.45, 2.75) is 20.3 Å². The topological polar surface area (TPSA) is 96.5 Å². The van der Waals surface area contributed by atoms with Crippen LogP contribution in [-0.2, 0) is 18.3 Å². The van der Waals surface area contributed by atoms with Crippen molar-refractivity contribution in [3.8, 4) is 0 Å². The number of carbonyl (C=O) groups excluding carboxylic acids is 2. The fourth-order valence-corrected chi connectivity index (χ4v) is 2.98. The van der Waals surface area contributed by atoms with E-state index in [-0.39, 0.29) is 18.4 Å². The summed E-state index contributed by atoms with van der Waals surface area (Å²) in [7, 11) is 1.79. The fraction of sp³-hybridized carbons (Fsp3) is 0.529. The zero-order valence-electron chi connectivity index (χ0n) is 15.4. The van der Waals surface area contributed by atoms with E-state index in [0.29, 0.717) is 43.5 Å². The highest BCUT2D eigenvalue weighted by Crippen LogP contribution is 2.11. The highest BCUT2D eigenvalue weighted by Gasteiger charge is 2.25. The monoisotopic (exact) mass is 360 g/mol. The maximum Gasteiger partial charge on any atom is 0.272 e. The second kappa shape index (κ2) is 7.69. The molecule has 0 spiro atoms. The molecule has 26 heavy (non-hydrogen) atoms. The minimum atomic E-state index is -0.141. The van der Waals surface area contributed by atoms with E-state index in [1.165, 1.54) is 0 Å². The maximum atomic E-state index is 12.7. The Morgan fingerprint density at radius 3 is 2.54 bits per heavy atom. The molecule has 3 rings (SSSR count). The van der Waals surface area contributed by atoms with Gasteiger partial charge in [-0.3, -0.25) is 19.2 Å². The Hall–Kier alpha value is -2.68. The molecular formula is C17H24N6O3. The van der Waals surface area contributed by atoms with Crippen LogP contribution >= 0.6 is 0 Å². The highest BCUT2D eigenvalue weighted by molar-refractivity contribution is 5.93. The number of amides is 2. The number of aryl methyl sites for hydroxylation is 3. The van der Waals surface area contributed by atoms with E-state index in [9.17, 15) is 9.59 Å². The lowest BCUT2D eigenvalue weighted by Gasteiger charge is -2.34. The molecule has 0 aromatic carbocycles. The number of hydrogen-bond acceptors (Lipinski definition) is 6. The van der Waals surface area contributed by atoms with E-state index >= 15 is 0 Å². The zero-order chi connectivity index (χ0) is 18.7. The molecule has 1 saturated heterocycles. The molecule has 3 heterocycles. The van der Waals surface area contributed by atoms with E-state index < -0.39 is 0 Å². The van der Waals surface area contributed by atoms with Gasteiger partial charge in [-0.05, 0) is 19.4 Å². The third-order valence-corrected chi connectivity index (χ3v) is 4.43. The van der Waals surface area contributed by atoms with Gasteiger partial charge in [0.05, 0.1) is 12.2 Å². The van der Waals surface area contributed by atoms with Gasteiger partial charge in [0.25, 0.3) is 5.91 Å². The van der Waals surface area contributed by atoms with Crippen LogP contribution in [0.5, 0.6) is 0 Å². The van der Waals surface area contributed by atoms with Crippen LogP contribution in [0.15, 0.2) is 16.7 Å². The second-order valence-electron chi connectivity index (χ2n) is 6.44. The van der Waals surface area contributed by atoms with Crippen LogP contribution in [0, 0.1) is 6.92 Å². The molecule has 1 fully saturated rings. The standard InChI is InChI=1S/C17H24N6O3/c1-4-13-10-14(21(3)19-13)17(25)23-7-5-22(6-8-23)11-16(24)18-15-9-12(2)26-20-15/h9-10H,4-8,11H2,1-3H3,(H,18,20,24). The highest BCUT2D eigenvalue weighted by atomic mass is 16.5. The zero-order valence-corrected chi connectivity index (χ0v) is 15.4. The Labute approximate surface area is 151 Å². The number of rotatable bonds is 5. The Kier molecular flexibility index (Phi) is 5.36. The number of carbonyl (C=O) groups is 2. The van der Waals surface area contributed by atoms with Gasteiger partial charge in [0.1, 0.15) is 11.5 Å². The summed E-state index contributed by atoms with van der Waals surface area (Å²) in [4.78, 5) is 28.6. The molecule has 0 radical (unpaired) electrons. The third-order valence-electron chi connectivity index (χ3n) is 4.43. The third kappa shape index (κ3) is 4.10. The van der Waals surface area contributed by atoms with E-state index in [2.05, 4.69) is 15.6 Å². The van der Waals surface area contributed by atoms with Crippen LogP contribution in [0.2, 0.25) is 0 Å². The molecule has 0 atom stereocenters. The first-order valence-corrected chi connectivity index (χ1v) is 8.74. The van der Waals surface area contributed by atoms with Gasteiger partial charge >= 0.3 is 0 Å². The molecule has 1 N–H and O–H groups in total. The lowest BCUT2D eigenvalue weighted by Crippen LogP contribution is -2.50. The molecule has 2 aromatic heterocycles. The molecule has 0 unspecified atom stereocenters. The number of nitrogens with zero attached hydrogens (tertiary/aromatic N) is 5. The lowest BCUT2D eigenvalue weighted by atomic mass is 10.2. The summed E-state index contributed by atoms with van der Waals surface area (Å²) in [6.07, 6.45) is 0.801. The smallest absolute Gasteiger partial charge is 0.272 e. The molecular weight excluding hydrogens is 336 g/mol. The number of hydrogen-bond donors (Lipinski definition) is 1. The van der Waals surface area contributed by atoms with Crippen molar-refractivity contribution in [1.82, 2.24) is 24.7 Å². The normalized spacial score (nSPS) is 15.3. The first-order chi connectivity index (χ1) is 12.5. The fourth-order valence-electron chi connectivity index (χ4n) is 2.98. The lowest BCUT2D eigenvalue weighted by molar-refractivity contribution is -0.117. The van der Waals surface area contributed by atoms with Gasteiger partial charge in [-0.1, -0.05) is 12.1 Å². The van der Waals surface area contributed by atoms with Crippen molar-refractivity contribution < 1.29 is 14.1 Å². The molecule has 9 nitrogen and oxygen atoms in total. The van der Waals surface area contributed by atoms with Crippen LogP contribution in [0.1, 0.15) is 28.9 Å². The molecule has 1 aliphatic rings. The predicted molar refractivity (Wildman–Crippen MR) is 94.8 cm³/mol. The SMILES string of the molecule is CCc1cc(C(=O)N2CCN(CC(=O)Nc3cc(C)on3)CC2)n(C)n1. The summed E-state index contributed by atoms with van der Waals surface area (Å²) in [5, 5.41) is 10.8. The van der Waals surface area contributed by atoms with E-state index in [4.69, 9.17) is 4.52 Å². The molecule has 2 amide bonds. The number of piperazine rings is 1. The van der Waals surface area contributed by atoms with Crippen LogP contribution < -0.4 is 5.32 Å². The first kappa shape index (κ1) is 18.1. The number of nitrogens with one attached hydrogen (secondary N) is 1. The predicted octanol–water partition coefficient (Wildman–Crippen LogP) is 0.675. The van der Waals surface area contributed by atoms with E-state index in [0.717, 1.165) is 12.1 Å². The summed E-state index contributed by atoms with van der Waals surface area (Å²) in [5.74, 6) is 0.914. The van der Waals surface area contributed by atoms with E-state index in [1.807, 2.05) is 22.8 Å². The van der Waals surface area contributed by atoms with Crippen molar-refractivity contribution in [3.05, 3.63) is 29.3 Å². The first-order valence-electron chi connectivity index (χ1n) is 8.74. The minimum absolute atomic E-state index is 0.0122. The molecule has 0 saturated carbocycles. The average molecular weight is 360 g/mol. The maximum absolute atomic E-state index is 12.7. The average Bonchev–Trinajstić information content (AvgIpc) is 3.20. The molecule has 9 heteroatoms. The van der Waals surface area contributed by atoms with Crippen molar-refractivity contribution in [2.75, 3.05) is 38.0 Å². The van der Waals surface area contributed by atoms with Crippen molar-refractivity contribution >= 4 is 17.6 Å². The molecule has 2 aromatic rings. The molecule has 0 aliphatic carbocycles. The van der Waals surface area contributed by atoms with Gasteiger partial charge in [0.15, 0.2) is 5.82 Å². The summed E-state index contributed by atoms with van der Waals surface area (Å²) >= 11 is 0. The van der Waals surface area contributed by atoms with Gasteiger partial charge in [-0.2, -0.15) is 5.10 Å². The van der Waals surface area contributed by atoms with Gasteiger partial charge in [-0.25, -0.2) is 0 Å². The number of aromatic nitrogens is 3. The molecule has 140 valence electrons. The second-order valence-corrected chi connectivity index (χ2v) is 6.44. The van der Waals surface area contributed by atoms with Gasteiger partial charge in [0, 0.05) is 39.3 Å². The van der Waals surface area contributed by atoms with Gasteiger partial charge in [0.2, 0.25) is 5.91 Å². The summed E-state index contributed by atoms with van der Waals surface area (Å²) in [6.45, 7) is 6.51. The van der Waals surface area contributed by atoms with Gasteiger partial charge in [-0.15, -0.1) is 0 Å². The van der Waals surface area contributed by atoms with Crippen LogP contribution in [-0.4, -0.2) is 69.3 Å². The van der Waals surface area contributed by atoms with Crippen molar-refractivity contribution in [3.63, 3.8) is 0 Å². The Balaban J connectivity index is 1.49. The quantitative estimate of drug-likeness (QED) is 0.842. The largest absolute Gasteiger partial charge is 0.360 e.